The molecule has 72 valence electrons. The van der Waals surface area contributed by atoms with E-state index in [9.17, 15) is 0 Å². The number of aromatic nitrogens is 4. The molecule has 5 heteroatoms. The Hall–Kier alpha value is -1.91. The van der Waals surface area contributed by atoms with Gasteiger partial charge in [-0.25, -0.2) is 4.68 Å². The highest BCUT2D eigenvalue weighted by atomic mass is 15.6. The van der Waals surface area contributed by atoms with E-state index in [4.69, 9.17) is 5.73 Å². The summed E-state index contributed by atoms with van der Waals surface area (Å²) in [5.74, 6) is 0.338. The number of hydrogen-bond acceptors (Lipinski definition) is 4. The molecule has 0 atom stereocenters. The van der Waals surface area contributed by atoms with Crippen LogP contribution in [-0.4, -0.2) is 20.2 Å². The van der Waals surface area contributed by atoms with Gasteiger partial charge < -0.3 is 5.73 Å². The van der Waals surface area contributed by atoms with E-state index in [-0.39, 0.29) is 0 Å². The Morgan fingerprint density at radius 3 is 2.57 bits per heavy atom. The van der Waals surface area contributed by atoms with E-state index in [2.05, 4.69) is 34.6 Å². The van der Waals surface area contributed by atoms with Gasteiger partial charge >= 0.3 is 0 Å². The highest BCUT2D eigenvalue weighted by Crippen LogP contribution is 2.05. The second-order valence-corrected chi connectivity index (χ2v) is 3.18. The van der Waals surface area contributed by atoms with E-state index >= 15 is 0 Å². The maximum absolute atomic E-state index is 5.55. The minimum Gasteiger partial charge on any atom is -0.367 e. The van der Waals surface area contributed by atoms with Crippen molar-refractivity contribution in [3.63, 3.8) is 0 Å². The first-order chi connectivity index (χ1) is 6.75. The van der Waals surface area contributed by atoms with Gasteiger partial charge in [0.15, 0.2) is 0 Å². The Morgan fingerprint density at radius 1 is 1.29 bits per heavy atom. The van der Waals surface area contributed by atoms with E-state index in [0.717, 1.165) is 5.56 Å². The zero-order valence-corrected chi connectivity index (χ0v) is 7.88. The van der Waals surface area contributed by atoms with Crippen molar-refractivity contribution in [3.05, 3.63) is 35.4 Å². The van der Waals surface area contributed by atoms with Gasteiger partial charge in [0.25, 0.3) is 0 Å². The summed E-state index contributed by atoms with van der Waals surface area (Å²) in [6.45, 7) is 2.66. The van der Waals surface area contributed by atoms with Crippen LogP contribution in [0.1, 0.15) is 11.1 Å². The third-order valence-electron chi connectivity index (χ3n) is 2.01. The van der Waals surface area contributed by atoms with Crippen molar-refractivity contribution in [1.82, 2.24) is 20.2 Å². The number of anilines is 1. The third kappa shape index (κ3) is 1.71. The second kappa shape index (κ2) is 3.45. The number of hydrogen-bond donors (Lipinski definition) is 1. The molecule has 0 fully saturated rings. The summed E-state index contributed by atoms with van der Waals surface area (Å²) in [4.78, 5) is 0. The highest BCUT2D eigenvalue weighted by Gasteiger charge is 2.01. The molecule has 1 aromatic carbocycles. The van der Waals surface area contributed by atoms with Crippen molar-refractivity contribution in [1.29, 1.82) is 0 Å². The van der Waals surface area contributed by atoms with Crippen LogP contribution in [0.25, 0.3) is 0 Å². The largest absolute Gasteiger partial charge is 0.367 e. The quantitative estimate of drug-likeness (QED) is 0.751. The molecule has 0 aliphatic carbocycles. The van der Waals surface area contributed by atoms with Crippen molar-refractivity contribution < 1.29 is 0 Å². The van der Waals surface area contributed by atoms with Gasteiger partial charge in [-0.05, 0) is 22.9 Å². The molecule has 0 saturated heterocycles. The molecule has 0 saturated carbocycles. The molecule has 0 amide bonds. The average molecular weight is 189 g/mol. The number of rotatable bonds is 2. The maximum Gasteiger partial charge on any atom is 0.240 e. The molecular formula is C9H11N5. The van der Waals surface area contributed by atoms with Crippen molar-refractivity contribution >= 4 is 5.95 Å². The Balaban J connectivity index is 2.19. The lowest BCUT2D eigenvalue weighted by Gasteiger charge is -2.01. The van der Waals surface area contributed by atoms with Crippen molar-refractivity contribution in [2.45, 2.75) is 13.5 Å². The minimum atomic E-state index is 0.338. The molecule has 0 radical (unpaired) electrons. The van der Waals surface area contributed by atoms with Crippen LogP contribution < -0.4 is 5.73 Å². The first-order valence-electron chi connectivity index (χ1n) is 4.33. The average Bonchev–Trinajstić information content (AvgIpc) is 2.56. The first kappa shape index (κ1) is 8.68. The van der Waals surface area contributed by atoms with Gasteiger partial charge in [-0.2, -0.15) is 0 Å². The van der Waals surface area contributed by atoms with Crippen molar-refractivity contribution in [2.75, 3.05) is 5.73 Å². The van der Waals surface area contributed by atoms with E-state index in [1.165, 1.54) is 5.56 Å². The molecule has 1 aromatic heterocycles. The lowest BCUT2D eigenvalue weighted by molar-refractivity contribution is 0.655. The van der Waals surface area contributed by atoms with E-state index in [1.807, 2.05) is 12.1 Å². The molecule has 0 unspecified atom stereocenters. The monoisotopic (exact) mass is 189 g/mol. The van der Waals surface area contributed by atoms with Crippen molar-refractivity contribution in [2.24, 2.45) is 0 Å². The summed E-state index contributed by atoms with van der Waals surface area (Å²) >= 11 is 0. The van der Waals surface area contributed by atoms with Gasteiger partial charge in [0.05, 0.1) is 6.54 Å². The zero-order chi connectivity index (χ0) is 9.97. The summed E-state index contributed by atoms with van der Waals surface area (Å²) in [5, 5.41) is 10.8. The normalized spacial score (nSPS) is 10.4. The predicted octanol–water partition coefficient (Wildman–Crippen LogP) is 0.612. The Morgan fingerprint density at radius 2 is 2.00 bits per heavy atom. The van der Waals surface area contributed by atoms with Crippen LogP contribution in [-0.2, 0) is 6.54 Å². The number of nitrogen functional groups attached to an aromatic ring is 1. The van der Waals surface area contributed by atoms with Gasteiger partial charge in [-0.3, -0.25) is 0 Å². The second-order valence-electron chi connectivity index (χ2n) is 3.18. The lowest BCUT2D eigenvalue weighted by Crippen LogP contribution is -2.06. The molecule has 5 nitrogen and oxygen atoms in total. The maximum atomic E-state index is 5.55. The predicted molar refractivity (Wildman–Crippen MR) is 52.5 cm³/mol. The summed E-state index contributed by atoms with van der Waals surface area (Å²) in [7, 11) is 0. The summed E-state index contributed by atoms with van der Waals surface area (Å²) in [6.07, 6.45) is 0. The van der Waals surface area contributed by atoms with E-state index < -0.39 is 0 Å². The van der Waals surface area contributed by atoms with Crippen molar-refractivity contribution in [3.8, 4) is 0 Å². The van der Waals surface area contributed by atoms with Gasteiger partial charge in [0.1, 0.15) is 0 Å². The molecule has 0 aliphatic heterocycles. The number of nitrogens with zero attached hydrogens (tertiary/aromatic N) is 4. The topological polar surface area (TPSA) is 69.6 Å². The fourth-order valence-corrected chi connectivity index (χ4v) is 1.19. The molecule has 0 aliphatic rings. The van der Waals surface area contributed by atoms with Crippen LogP contribution in [0.5, 0.6) is 0 Å². The number of nitrogens with two attached hydrogens (primary N) is 1. The number of aryl methyl sites for hydroxylation is 1. The Labute approximate surface area is 81.5 Å². The molecule has 2 N–H and O–H groups in total. The van der Waals surface area contributed by atoms with Gasteiger partial charge in [0, 0.05) is 0 Å². The molecule has 1 heterocycles. The summed E-state index contributed by atoms with van der Waals surface area (Å²) in [6, 6.07) is 8.18. The molecule has 2 aromatic rings. The van der Waals surface area contributed by atoms with Crippen LogP contribution >= 0.6 is 0 Å². The van der Waals surface area contributed by atoms with Crippen LogP contribution in [0.3, 0.4) is 0 Å². The van der Waals surface area contributed by atoms with Gasteiger partial charge in [-0.15, -0.1) is 0 Å². The highest BCUT2D eigenvalue weighted by molar-refractivity contribution is 5.22. The fourth-order valence-electron chi connectivity index (χ4n) is 1.19. The molecular weight excluding hydrogens is 178 g/mol. The fraction of sp³-hybridized carbons (Fsp3) is 0.222. The molecule has 14 heavy (non-hydrogen) atoms. The molecule has 0 spiro atoms. The number of tetrazole rings is 1. The SMILES string of the molecule is Cc1ccc(Cn2nnnc2N)cc1. The number of benzene rings is 1. The van der Waals surface area contributed by atoms with Crippen LogP contribution in [0.2, 0.25) is 0 Å². The van der Waals surface area contributed by atoms with Gasteiger partial charge in [0.2, 0.25) is 5.95 Å². The first-order valence-corrected chi connectivity index (χ1v) is 4.33. The minimum absolute atomic E-state index is 0.338. The molecule has 0 bridgehead atoms. The Bertz CT molecular complexity index is 417. The molecule has 2 rings (SSSR count). The standard InChI is InChI=1S/C9H11N5/c1-7-2-4-8(5-3-7)6-14-9(10)11-12-13-14/h2-5H,6H2,1H3,(H2,10,11,13). The Kier molecular flexibility index (Phi) is 2.14. The lowest BCUT2D eigenvalue weighted by atomic mass is 10.1. The van der Waals surface area contributed by atoms with Crippen LogP contribution in [0.4, 0.5) is 5.95 Å². The van der Waals surface area contributed by atoms with E-state index in [1.54, 1.807) is 4.68 Å². The smallest absolute Gasteiger partial charge is 0.240 e. The van der Waals surface area contributed by atoms with Crippen LogP contribution in [0, 0.1) is 6.92 Å². The zero-order valence-electron chi connectivity index (χ0n) is 7.88. The van der Waals surface area contributed by atoms with E-state index in [0.29, 0.717) is 12.5 Å². The third-order valence-corrected chi connectivity index (χ3v) is 2.01. The summed E-state index contributed by atoms with van der Waals surface area (Å²) in [5.41, 5.74) is 7.91. The van der Waals surface area contributed by atoms with Gasteiger partial charge in [-0.1, -0.05) is 34.9 Å². The summed E-state index contributed by atoms with van der Waals surface area (Å²) < 4.78 is 1.56. The van der Waals surface area contributed by atoms with Crippen LogP contribution in [0.15, 0.2) is 24.3 Å².